The molecule has 0 radical (unpaired) electrons. The van der Waals surface area contributed by atoms with Crippen LogP contribution in [0, 0.1) is 12.8 Å². The Hall–Kier alpha value is -0.700. The number of hydrogen-bond donors (Lipinski definition) is 0. The molecule has 2 atom stereocenters. The highest BCUT2D eigenvalue weighted by Crippen LogP contribution is 2.41. The van der Waals surface area contributed by atoms with Gasteiger partial charge in [-0.05, 0) is 19.3 Å². The van der Waals surface area contributed by atoms with Crippen LogP contribution in [0.4, 0.5) is 0 Å². The zero-order valence-corrected chi connectivity index (χ0v) is 10.4. The van der Waals surface area contributed by atoms with Gasteiger partial charge < -0.3 is 0 Å². The zero-order valence-electron chi connectivity index (χ0n) is 9.54. The van der Waals surface area contributed by atoms with Crippen LogP contribution >= 0.6 is 11.3 Å². The maximum absolute atomic E-state index is 11.3. The Morgan fingerprint density at radius 1 is 1.47 bits per heavy atom. The van der Waals surface area contributed by atoms with Crippen molar-refractivity contribution >= 4 is 17.1 Å². The summed E-state index contributed by atoms with van der Waals surface area (Å²) in [6.45, 7) is 5.86. The molecule has 15 heavy (non-hydrogen) atoms. The molecule has 82 valence electrons. The van der Waals surface area contributed by atoms with Gasteiger partial charge in [-0.15, -0.1) is 11.3 Å². The van der Waals surface area contributed by atoms with Crippen LogP contribution in [0.25, 0.3) is 0 Å². The molecule has 2 rings (SSSR count). The van der Waals surface area contributed by atoms with E-state index < -0.39 is 0 Å². The number of carbonyl (C=O) groups excluding carboxylic acids is 1. The largest absolute Gasteiger partial charge is 0.294 e. The number of aromatic nitrogens is 1. The summed E-state index contributed by atoms with van der Waals surface area (Å²) in [6, 6.07) is 0. The number of rotatable bonds is 2. The first kappa shape index (κ1) is 10.8. The van der Waals surface area contributed by atoms with Crippen molar-refractivity contribution in [3.05, 3.63) is 15.6 Å². The van der Waals surface area contributed by atoms with E-state index in [1.807, 2.05) is 6.92 Å². The fourth-order valence-electron chi connectivity index (χ4n) is 2.41. The topological polar surface area (TPSA) is 30.0 Å². The maximum atomic E-state index is 11.3. The second kappa shape index (κ2) is 4.05. The van der Waals surface area contributed by atoms with Crippen LogP contribution in [0.15, 0.2) is 0 Å². The third-order valence-corrected chi connectivity index (χ3v) is 4.70. The lowest BCUT2D eigenvalue weighted by Crippen LogP contribution is -2.01. The van der Waals surface area contributed by atoms with Crippen molar-refractivity contribution in [2.24, 2.45) is 5.92 Å². The molecular weight excluding hydrogens is 206 g/mol. The van der Waals surface area contributed by atoms with Gasteiger partial charge in [0.1, 0.15) is 0 Å². The molecular formula is C12H17NOS. The number of thiazole rings is 1. The smallest absolute Gasteiger partial charge is 0.171 e. The predicted molar refractivity (Wildman–Crippen MR) is 62.6 cm³/mol. The molecule has 0 bridgehead atoms. The lowest BCUT2D eigenvalue weighted by Gasteiger charge is -2.10. The van der Waals surface area contributed by atoms with Gasteiger partial charge in [0.15, 0.2) is 5.78 Å². The molecule has 1 aromatic heterocycles. The van der Waals surface area contributed by atoms with Crippen molar-refractivity contribution in [2.75, 3.05) is 0 Å². The summed E-state index contributed by atoms with van der Waals surface area (Å²) in [4.78, 5) is 16.8. The minimum absolute atomic E-state index is 0.155. The Bertz CT molecular complexity index is 383. The molecule has 0 N–H and O–H groups in total. The van der Waals surface area contributed by atoms with Gasteiger partial charge >= 0.3 is 0 Å². The quantitative estimate of drug-likeness (QED) is 0.718. The highest BCUT2D eigenvalue weighted by Gasteiger charge is 2.28. The molecule has 1 heterocycles. The molecule has 1 fully saturated rings. The second-order valence-corrected chi connectivity index (χ2v) is 5.57. The first-order valence-electron chi connectivity index (χ1n) is 5.58. The van der Waals surface area contributed by atoms with E-state index in [9.17, 15) is 4.79 Å². The molecule has 1 aliphatic rings. The van der Waals surface area contributed by atoms with Gasteiger partial charge in [0.05, 0.1) is 15.6 Å². The van der Waals surface area contributed by atoms with Crippen LogP contribution in [0.5, 0.6) is 0 Å². The predicted octanol–water partition coefficient (Wildman–Crippen LogP) is 3.56. The van der Waals surface area contributed by atoms with Crippen molar-refractivity contribution in [3.8, 4) is 0 Å². The molecule has 2 nitrogen and oxygen atoms in total. The lowest BCUT2D eigenvalue weighted by molar-refractivity contribution is 0.102. The summed E-state index contributed by atoms with van der Waals surface area (Å²) in [5.41, 5.74) is 0.918. The second-order valence-electron chi connectivity index (χ2n) is 4.54. The third kappa shape index (κ3) is 1.98. The van der Waals surface area contributed by atoms with Crippen molar-refractivity contribution < 1.29 is 4.79 Å². The molecule has 1 saturated carbocycles. The Balaban J connectivity index is 2.29. The molecule has 1 aromatic rings. The molecule has 0 amide bonds. The Morgan fingerprint density at radius 2 is 2.20 bits per heavy atom. The van der Waals surface area contributed by atoms with Crippen molar-refractivity contribution in [3.63, 3.8) is 0 Å². The van der Waals surface area contributed by atoms with E-state index in [0.29, 0.717) is 5.92 Å². The summed E-state index contributed by atoms with van der Waals surface area (Å²) in [6.07, 6.45) is 3.85. The average molecular weight is 223 g/mol. The number of nitrogens with zero attached hydrogens (tertiary/aromatic N) is 1. The number of hydrogen-bond acceptors (Lipinski definition) is 3. The number of aryl methyl sites for hydroxylation is 1. The summed E-state index contributed by atoms with van der Waals surface area (Å²) >= 11 is 1.61. The first-order valence-corrected chi connectivity index (χ1v) is 6.39. The normalized spacial score (nSPS) is 25.8. The fourth-order valence-corrected chi connectivity index (χ4v) is 3.65. The molecule has 1 aliphatic carbocycles. The molecule has 0 saturated heterocycles. The molecule has 3 heteroatoms. The molecule has 2 unspecified atom stereocenters. The first-order chi connectivity index (χ1) is 7.09. The van der Waals surface area contributed by atoms with E-state index >= 15 is 0 Å². The molecule has 0 aromatic carbocycles. The van der Waals surface area contributed by atoms with Gasteiger partial charge in [-0.1, -0.05) is 19.8 Å². The lowest BCUT2D eigenvalue weighted by atomic mass is 9.99. The SMILES string of the molecule is CC(=O)c1sc(C2CCCC2C)nc1C. The van der Waals surface area contributed by atoms with Gasteiger partial charge in [-0.2, -0.15) is 0 Å². The van der Waals surface area contributed by atoms with Gasteiger partial charge in [0.25, 0.3) is 0 Å². The van der Waals surface area contributed by atoms with Gasteiger partial charge in [0.2, 0.25) is 0 Å². The summed E-state index contributed by atoms with van der Waals surface area (Å²) in [7, 11) is 0. The van der Waals surface area contributed by atoms with Gasteiger partial charge in [-0.25, -0.2) is 4.98 Å². The number of Topliss-reactive ketones (excluding diaryl/α,β-unsaturated/α-hetero) is 1. The van der Waals surface area contributed by atoms with E-state index in [1.54, 1.807) is 18.3 Å². The van der Waals surface area contributed by atoms with Crippen LogP contribution in [0.2, 0.25) is 0 Å². The van der Waals surface area contributed by atoms with Crippen molar-refractivity contribution in [1.29, 1.82) is 0 Å². The van der Waals surface area contributed by atoms with E-state index in [1.165, 1.54) is 24.3 Å². The zero-order chi connectivity index (χ0) is 11.0. The highest BCUT2D eigenvalue weighted by atomic mass is 32.1. The Labute approximate surface area is 94.7 Å². The van der Waals surface area contributed by atoms with Crippen LogP contribution in [0.1, 0.15) is 59.4 Å². The third-order valence-electron chi connectivity index (χ3n) is 3.31. The van der Waals surface area contributed by atoms with Crippen molar-refractivity contribution in [2.45, 2.75) is 46.0 Å². The van der Waals surface area contributed by atoms with Crippen LogP contribution in [-0.4, -0.2) is 10.8 Å². The summed E-state index contributed by atoms with van der Waals surface area (Å²) in [5, 5.41) is 1.18. The summed E-state index contributed by atoms with van der Waals surface area (Å²) < 4.78 is 0. The average Bonchev–Trinajstić information content (AvgIpc) is 2.71. The van der Waals surface area contributed by atoms with Crippen LogP contribution in [0.3, 0.4) is 0 Å². The maximum Gasteiger partial charge on any atom is 0.171 e. The van der Waals surface area contributed by atoms with E-state index in [-0.39, 0.29) is 5.78 Å². The van der Waals surface area contributed by atoms with Gasteiger partial charge in [0, 0.05) is 12.8 Å². The standard InChI is InChI=1S/C12H17NOS/c1-7-5-4-6-10(7)12-13-8(2)11(15-12)9(3)14/h7,10H,4-6H2,1-3H3. The molecule has 0 aliphatic heterocycles. The minimum atomic E-state index is 0.155. The Kier molecular flexibility index (Phi) is 2.91. The molecule has 0 spiro atoms. The monoisotopic (exact) mass is 223 g/mol. The van der Waals surface area contributed by atoms with E-state index in [4.69, 9.17) is 0 Å². The highest BCUT2D eigenvalue weighted by molar-refractivity contribution is 7.13. The number of ketones is 1. The van der Waals surface area contributed by atoms with Crippen LogP contribution < -0.4 is 0 Å². The minimum Gasteiger partial charge on any atom is -0.294 e. The van der Waals surface area contributed by atoms with Crippen LogP contribution in [-0.2, 0) is 0 Å². The fraction of sp³-hybridized carbons (Fsp3) is 0.667. The summed E-state index contributed by atoms with van der Waals surface area (Å²) in [5.74, 6) is 1.49. The Morgan fingerprint density at radius 3 is 2.67 bits per heavy atom. The van der Waals surface area contributed by atoms with E-state index in [0.717, 1.165) is 16.5 Å². The van der Waals surface area contributed by atoms with Crippen molar-refractivity contribution in [1.82, 2.24) is 4.98 Å². The van der Waals surface area contributed by atoms with E-state index in [2.05, 4.69) is 11.9 Å². The number of carbonyl (C=O) groups is 1. The van der Waals surface area contributed by atoms with Gasteiger partial charge in [-0.3, -0.25) is 4.79 Å².